The lowest BCUT2D eigenvalue weighted by Gasteiger charge is -2.27. The lowest BCUT2D eigenvalue weighted by molar-refractivity contribution is 0.646. The Bertz CT molecular complexity index is 819. The van der Waals surface area contributed by atoms with Crippen LogP contribution in [0.2, 0.25) is 0 Å². The van der Waals surface area contributed by atoms with Crippen LogP contribution in [0, 0.1) is 5.41 Å². The third-order valence-electron chi connectivity index (χ3n) is 5.51. The van der Waals surface area contributed by atoms with E-state index in [9.17, 15) is 0 Å². The molecule has 0 aromatic carbocycles. The number of hydrogen-bond acceptors (Lipinski definition) is 2. The van der Waals surface area contributed by atoms with E-state index >= 15 is 0 Å². The zero-order valence-corrected chi connectivity index (χ0v) is 16.3. The van der Waals surface area contributed by atoms with Gasteiger partial charge >= 0.3 is 0 Å². The molecule has 1 saturated carbocycles. The van der Waals surface area contributed by atoms with Crippen molar-refractivity contribution in [2.45, 2.75) is 46.5 Å². The number of thiophene rings is 2. The Morgan fingerprint density at radius 2 is 1.71 bits per heavy atom. The zero-order valence-electron chi connectivity index (χ0n) is 14.7. The summed E-state index contributed by atoms with van der Waals surface area (Å²) in [5.41, 5.74) is 7.94. The summed E-state index contributed by atoms with van der Waals surface area (Å²) >= 11 is 3.74. The molecule has 0 radical (unpaired) electrons. The first-order chi connectivity index (χ1) is 11.6. The number of rotatable bonds is 4. The van der Waals surface area contributed by atoms with E-state index < -0.39 is 0 Å². The van der Waals surface area contributed by atoms with Gasteiger partial charge in [0.05, 0.1) is 0 Å². The van der Waals surface area contributed by atoms with Crippen molar-refractivity contribution in [2.24, 2.45) is 5.41 Å². The van der Waals surface area contributed by atoms with Crippen LogP contribution in [-0.2, 0) is 0 Å². The van der Waals surface area contributed by atoms with Gasteiger partial charge in [-0.1, -0.05) is 43.2 Å². The average Bonchev–Trinajstić information content (AvgIpc) is 3.17. The van der Waals surface area contributed by atoms with Crippen LogP contribution in [0.5, 0.6) is 0 Å². The monoisotopic (exact) mass is 352 g/mol. The highest BCUT2D eigenvalue weighted by Crippen LogP contribution is 2.55. The second-order valence-corrected chi connectivity index (χ2v) is 9.35. The van der Waals surface area contributed by atoms with Gasteiger partial charge in [0.15, 0.2) is 0 Å². The van der Waals surface area contributed by atoms with Crippen molar-refractivity contribution in [2.75, 3.05) is 0 Å². The summed E-state index contributed by atoms with van der Waals surface area (Å²) in [7, 11) is 0. The molecular weight excluding hydrogens is 328 g/mol. The van der Waals surface area contributed by atoms with Crippen LogP contribution in [-0.4, -0.2) is 0 Å². The Balaban J connectivity index is 1.80. The van der Waals surface area contributed by atoms with Crippen molar-refractivity contribution in [1.29, 1.82) is 0 Å². The largest absolute Gasteiger partial charge is 0.144 e. The molecule has 2 heteroatoms. The topological polar surface area (TPSA) is 0 Å². The van der Waals surface area contributed by atoms with Crippen LogP contribution in [0.25, 0.3) is 11.1 Å². The first kappa shape index (κ1) is 16.1. The molecule has 0 spiro atoms. The Labute approximate surface area is 153 Å². The first-order valence-corrected chi connectivity index (χ1v) is 10.5. The fraction of sp³-hybridized carbons (Fsp3) is 0.364. The molecule has 0 amide bonds. The van der Waals surface area contributed by atoms with Gasteiger partial charge in [0, 0.05) is 15.2 Å². The van der Waals surface area contributed by atoms with Crippen LogP contribution < -0.4 is 0 Å². The van der Waals surface area contributed by atoms with Gasteiger partial charge in [0.25, 0.3) is 0 Å². The summed E-state index contributed by atoms with van der Waals surface area (Å²) in [5.74, 6) is 0. The van der Waals surface area contributed by atoms with Crippen LogP contribution in [0.4, 0.5) is 0 Å². The predicted octanol–water partition coefficient (Wildman–Crippen LogP) is 7.58. The number of allylic oxidation sites excluding steroid dienone is 6. The zero-order chi connectivity index (χ0) is 16.7. The second-order valence-electron chi connectivity index (χ2n) is 7.45. The SMILES string of the molecule is CC(CC1=C(c2cccs2)C(C)(C)C(c2cccs2)=C1)=C1CCC1. The van der Waals surface area contributed by atoms with Gasteiger partial charge in [-0.05, 0) is 72.2 Å². The molecule has 0 saturated heterocycles. The molecule has 2 heterocycles. The van der Waals surface area contributed by atoms with Crippen LogP contribution >= 0.6 is 22.7 Å². The molecule has 0 bridgehead atoms. The molecule has 2 aliphatic rings. The third kappa shape index (κ3) is 2.66. The van der Waals surface area contributed by atoms with Gasteiger partial charge in [-0.2, -0.15) is 0 Å². The maximum Gasteiger partial charge on any atom is 0.0314 e. The first-order valence-electron chi connectivity index (χ1n) is 8.78. The molecule has 2 aliphatic carbocycles. The summed E-state index contributed by atoms with van der Waals surface area (Å²) in [6.07, 6.45) is 7.62. The molecular formula is C22H24S2. The Morgan fingerprint density at radius 3 is 2.25 bits per heavy atom. The molecule has 1 fully saturated rings. The standard InChI is InChI=1S/C22H24S2/c1-15(16-7-4-8-16)13-17-14-18(19-9-5-11-23-19)22(2,3)21(17)20-10-6-12-24-20/h5-6,9-12,14H,4,7-8,13H2,1-3H3. The van der Waals surface area contributed by atoms with Crippen molar-refractivity contribution in [3.8, 4) is 0 Å². The van der Waals surface area contributed by atoms with Gasteiger partial charge in [0.1, 0.15) is 0 Å². The van der Waals surface area contributed by atoms with Crippen molar-refractivity contribution in [1.82, 2.24) is 0 Å². The molecule has 2 aromatic heterocycles. The highest BCUT2D eigenvalue weighted by Gasteiger charge is 2.37. The molecule has 0 nitrogen and oxygen atoms in total. The van der Waals surface area contributed by atoms with Crippen LogP contribution in [0.1, 0.15) is 56.2 Å². The van der Waals surface area contributed by atoms with Crippen molar-refractivity contribution in [3.63, 3.8) is 0 Å². The summed E-state index contributed by atoms with van der Waals surface area (Å²) in [4.78, 5) is 2.85. The minimum absolute atomic E-state index is 0.0790. The van der Waals surface area contributed by atoms with Crippen LogP contribution in [0.3, 0.4) is 0 Å². The van der Waals surface area contributed by atoms with E-state index in [4.69, 9.17) is 0 Å². The number of hydrogen-bond donors (Lipinski definition) is 0. The third-order valence-corrected chi connectivity index (χ3v) is 7.30. The smallest absolute Gasteiger partial charge is 0.0314 e. The second kappa shape index (κ2) is 6.16. The Morgan fingerprint density at radius 1 is 1.04 bits per heavy atom. The van der Waals surface area contributed by atoms with Gasteiger partial charge in [0.2, 0.25) is 0 Å². The maximum atomic E-state index is 2.49. The molecule has 24 heavy (non-hydrogen) atoms. The summed E-state index contributed by atoms with van der Waals surface area (Å²) in [5, 5.41) is 4.40. The van der Waals surface area contributed by atoms with E-state index in [0.717, 1.165) is 6.42 Å². The van der Waals surface area contributed by atoms with Gasteiger partial charge < -0.3 is 0 Å². The Hall–Kier alpha value is -1.38. The van der Waals surface area contributed by atoms with E-state index in [1.807, 2.05) is 22.7 Å². The molecule has 0 atom stereocenters. The highest BCUT2D eigenvalue weighted by molar-refractivity contribution is 7.11. The quantitative estimate of drug-likeness (QED) is 0.497. The van der Waals surface area contributed by atoms with Crippen LogP contribution in [0.15, 0.2) is 57.8 Å². The lowest BCUT2D eigenvalue weighted by atomic mass is 9.78. The summed E-state index contributed by atoms with van der Waals surface area (Å²) in [6.45, 7) is 7.14. The van der Waals surface area contributed by atoms with Crippen molar-refractivity contribution in [3.05, 3.63) is 67.6 Å². The van der Waals surface area contributed by atoms with E-state index in [-0.39, 0.29) is 5.41 Å². The minimum Gasteiger partial charge on any atom is -0.144 e. The fourth-order valence-corrected chi connectivity index (χ4v) is 5.86. The van der Waals surface area contributed by atoms with E-state index in [0.29, 0.717) is 0 Å². The predicted molar refractivity (Wildman–Crippen MR) is 108 cm³/mol. The lowest BCUT2D eigenvalue weighted by Crippen LogP contribution is -2.12. The van der Waals surface area contributed by atoms with Gasteiger partial charge in [-0.15, -0.1) is 22.7 Å². The molecule has 0 N–H and O–H groups in total. The van der Waals surface area contributed by atoms with Crippen molar-refractivity contribution >= 4 is 33.8 Å². The summed E-state index contributed by atoms with van der Waals surface area (Å²) < 4.78 is 0. The highest BCUT2D eigenvalue weighted by atomic mass is 32.1. The van der Waals surface area contributed by atoms with E-state index in [1.54, 1.807) is 16.7 Å². The average molecular weight is 353 g/mol. The normalized spacial score (nSPS) is 19.5. The van der Waals surface area contributed by atoms with Crippen molar-refractivity contribution < 1.29 is 0 Å². The van der Waals surface area contributed by atoms with Gasteiger partial charge in [-0.25, -0.2) is 0 Å². The molecule has 2 aromatic rings. The molecule has 0 unspecified atom stereocenters. The van der Waals surface area contributed by atoms with E-state index in [1.165, 1.54) is 40.2 Å². The maximum absolute atomic E-state index is 2.49. The molecule has 4 rings (SSSR count). The minimum atomic E-state index is 0.0790. The Kier molecular flexibility index (Phi) is 4.14. The molecule has 0 aliphatic heterocycles. The summed E-state index contributed by atoms with van der Waals surface area (Å²) in [6, 6.07) is 8.91. The fourth-order valence-electron chi connectivity index (χ4n) is 3.99. The van der Waals surface area contributed by atoms with E-state index in [2.05, 4.69) is 61.9 Å². The van der Waals surface area contributed by atoms with Gasteiger partial charge in [-0.3, -0.25) is 0 Å². The molecule has 124 valence electrons.